The van der Waals surface area contributed by atoms with Crippen LogP contribution in [0.25, 0.3) is 0 Å². The second-order valence-electron chi connectivity index (χ2n) is 7.10. The van der Waals surface area contributed by atoms with Crippen molar-refractivity contribution in [2.75, 3.05) is 18.5 Å². The zero-order valence-electron chi connectivity index (χ0n) is 16.7. The number of amides is 2. The Morgan fingerprint density at radius 1 is 1.23 bits per heavy atom. The number of carbonyl (C=O) groups is 2. The number of ether oxygens (including phenoxy) is 1. The molecule has 2 heterocycles. The maximum absolute atomic E-state index is 14.0. The second-order valence-corrected chi connectivity index (χ2v) is 7.10. The highest BCUT2D eigenvalue weighted by atomic mass is 19.1. The Hall–Kier alpha value is -3.27. The molecular formula is C20H23FN4O5. The van der Waals surface area contributed by atoms with Gasteiger partial charge in [0.25, 0.3) is 5.56 Å². The Kier molecular flexibility index (Phi) is 6.46. The Balaban J connectivity index is 1.66. The van der Waals surface area contributed by atoms with Crippen LogP contribution in [0.2, 0.25) is 0 Å². The van der Waals surface area contributed by atoms with Gasteiger partial charge in [0.15, 0.2) is 0 Å². The van der Waals surface area contributed by atoms with Crippen LogP contribution in [0.1, 0.15) is 30.2 Å². The highest BCUT2D eigenvalue weighted by Gasteiger charge is 2.23. The normalized spacial score (nSPS) is 15.8. The summed E-state index contributed by atoms with van der Waals surface area (Å²) < 4.78 is 20.8. The first-order valence-electron chi connectivity index (χ1n) is 9.53. The Morgan fingerprint density at radius 2 is 2.00 bits per heavy atom. The van der Waals surface area contributed by atoms with Crippen LogP contribution in [-0.4, -0.2) is 34.1 Å². The van der Waals surface area contributed by atoms with Crippen LogP contribution in [0, 0.1) is 19.7 Å². The van der Waals surface area contributed by atoms with Gasteiger partial charge in [0, 0.05) is 12.3 Å². The van der Waals surface area contributed by atoms with Crippen LogP contribution in [0.3, 0.4) is 0 Å². The molecule has 1 atom stereocenters. The van der Waals surface area contributed by atoms with Crippen molar-refractivity contribution in [3.63, 3.8) is 0 Å². The fourth-order valence-electron chi connectivity index (χ4n) is 3.17. The minimum Gasteiger partial charge on any atom is -0.358 e. The van der Waals surface area contributed by atoms with Crippen LogP contribution in [0.5, 0.6) is 0 Å². The molecule has 1 unspecified atom stereocenters. The molecule has 2 aromatic rings. The lowest BCUT2D eigenvalue weighted by molar-refractivity contribution is -0.124. The standard InChI is InChI=1S/C20H23FN4O5/c1-12-5-3-6-15(13(12)2)23-16(26)9-22-17(27)11-25-19(28)14(21)10-24(20(25)29)18-7-4-8-30-18/h3,5-6,10,18H,4,7-9,11H2,1-2H3,(H,22,27)(H,23,26). The lowest BCUT2D eigenvalue weighted by Gasteiger charge is -2.15. The summed E-state index contributed by atoms with van der Waals surface area (Å²) in [6.45, 7) is 3.12. The molecule has 1 saturated heterocycles. The fraction of sp³-hybridized carbons (Fsp3) is 0.400. The van der Waals surface area contributed by atoms with Gasteiger partial charge >= 0.3 is 5.69 Å². The van der Waals surface area contributed by atoms with E-state index in [9.17, 15) is 23.6 Å². The number of nitrogens with one attached hydrogen (secondary N) is 2. The van der Waals surface area contributed by atoms with E-state index in [0.717, 1.165) is 21.9 Å². The summed E-state index contributed by atoms with van der Waals surface area (Å²) in [4.78, 5) is 48.8. The van der Waals surface area contributed by atoms with Crippen LogP contribution in [-0.2, 0) is 20.9 Å². The minimum absolute atomic E-state index is 0.365. The number of rotatable bonds is 6. The van der Waals surface area contributed by atoms with E-state index >= 15 is 0 Å². The first-order valence-corrected chi connectivity index (χ1v) is 9.53. The molecule has 0 spiro atoms. The van der Waals surface area contributed by atoms with Gasteiger partial charge in [0.1, 0.15) is 12.8 Å². The smallest absolute Gasteiger partial charge is 0.333 e. The molecule has 1 fully saturated rings. The lowest BCUT2D eigenvalue weighted by atomic mass is 10.1. The average molecular weight is 418 g/mol. The highest BCUT2D eigenvalue weighted by Crippen LogP contribution is 2.20. The number of hydrogen-bond acceptors (Lipinski definition) is 5. The Bertz CT molecular complexity index is 1090. The second kappa shape index (κ2) is 9.04. The van der Waals surface area contributed by atoms with Gasteiger partial charge in [-0.2, -0.15) is 4.39 Å². The SMILES string of the molecule is Cc1cccc(NC(=O)CNC(=O)Cn2c(=O)c(F)cn(C3CCCO3)c2=O)c1C. The molecular weight excluding hydrogens is 395 g/mol. The van der Waals surface area contributed by atoms with Crippen molar-refractivity contribution >= 4 is 17.5 Å². The van der Waals surface area contributed by atoms with Crippen molar-refractivity contribution in [3.8, 4) is 0 Å². The molecule has 2 N–H and O–H groups in total. The van der Waals surface area contributed by atoms with E-state index in [0.29, 0.717) is 29.7 Å². The number of aromatic nitrogens is 2. The van der Waals surface area contributed by atoms with Gasteiger partial charge in [-0.15, -0.1) is 0 Å². The van der Waals surface area contributed by atoms with Gasteiger partial charge in [0.05, 0.1) is 12.7 Å². The molecule has 160 valence electrons. The largest absolute Gasteiger partial charge is 0.358 e. The predicted molar refractivity (Wildman–Crippen MR) is 107 cm³/mol. The topological polar surface area (TPSA) is 111 Å². The van der Waals surface area contributed by atoms with Gasteiger partial charge < -0.3 is 15.4 Å². The Morgan fingerprint density at radius 3 is 2.70 bits per heavy atom. The first kappa shape index (κ1) is 21.4. The van der Waals surface area contributed by atoms with Gasteiger partial charge in [-0.1, -0.05) is 12.1 Å². The van der Waals surface area contributed by atoms with E-state index in [1.54, 1.807) is 12.1 Å². The van der Waals surface area contributed by atoms with Crippen molar-refractivity contribution in [3.05, 3.63) is 62.2 Å². The molecule has 1 aliphatic rings. The zero-order valence-corrected chi connectivity index (χ0v) is 16.7. The van der Waals surface area contributed by atoms with E-state index in [-0.39, 0.29) is 6.54 Å². The van der Waals surface area contributed by atoms with Crippen molar-refractivity contribution in [2.24, 2.45) is 0 Å². The molecule has 30 heavy (non-hydrogen) atoms. The molecule has 2 amide bonds. The summed E-state index contributed by atoms with van der Waals surface area (Å²) in [5, 5.41) is 5.02. The monoisotopic (exact) mass is 418 g/mol. The highest BCUT2D eigenvalue weighted by molar-refractivity contribution is 5.95. The number of benzene rings is 1. The summed E-state index contributed by atoms with van der Waals surface area (Å²) in [6, 6.07) is 5.45. The number of aryl methyl sites for hydroxylation is 1. The molecule has 1 aromatic carbocycles. The summed E-state index contributed by atoms with van der Waals surface area (Å²) in [6.07, 6.45) is 1.33. The molecule has 0 radical (unpaired) electrons. The Labute approximate surface area is 171 Å². The van der Waals surface area contributed by atoms with Crippen molar-refractivity contribution in [1.29, 1.82) is 0 Å². The van der Waals surface area contributed by atoms with Crippen molar-refractivity contribution in [2.45, 2.75) is 39.5 Å². The fourth-order valence-corrected chi connectivity index (χ4v) is 3.17. The first-order chi connectivity index (χ1) is 14.3. The number of carbonyl (C=O) groups excluding carboxylic acids is 2. The third kappa shape index (κ3) is 4.65. The van der Waals surface area contributed by atoms with E-state index in [1.807, 2.05) is 19.9 Å². The number of nitrogens with zero attached hydrogens (tertiary/aromatic N) is 2. The van der Waals surface area contributed by atoms with Gasteiger partial charge in [-0.05, 0) is 43.9 Å². The average Bonchev–Trinajstić information content (AvgIpc) is 3.24. The molecule has 9 nitrogen and oxygen atoms in total. The lowest BCUT2D eigenvalue weighted by Crippen LogP contribution is -2.46. The van der Waals surface area contributed by atoms with Crippen molar-refractivity contribution < 1.29 is 18.7 Å². The van der Waals surface area contributed by atoms with Gasteiger partial charge in [0.2, 0.25) is 17.6 Å². The third-order valence-electron chi connectivity index (χ3n) is 5.00. The van der Waals surface area contributed by atoms with E-state index in [1.165, 1.54) is 0 Å². The van der Waals surface area contributed by atoms with Crippen LogP contribution in [0.4, 0.5) is 10.1 Å². The van der Waals surface area contributed by atoms with Crippen LogP contribution < -0.4 is 21.9 Å². The maximum Gasteiger partial charge on any atom is 0.333 e. The molecule has 1 aliphatic heterocycles. The van der Waals surface area contributed by atoms with Crippen molar-refractivity contribution in [1.82, 2.24) is 14.5 Å². The third-order valence-corrected chi connectivity index (χ3v) is 5.00. The molecule has 0 saturated carbocycles. The summed E-state index contributed by atoms with van der Waals surface area (Å²) in [7, 11) is 0. The zero-order chi connectivity index (χ0) is 21.8. The molecule has 1 aromatic heterocycles. The van der Waals surface area contributed by atoms with E-state index in [2.05, 4.69) is 10.6 Å². The summed E-state index contributed by atoms with van der Waals surface area (Å²) >= 11 is 0. The van der Waals surface area contributed by atoms with E-state index < -0.39 is 41.7 Å². The number of anilines is 1. The molecule has 3 rings (SSSR count). The summed E-state index contributed by atoms with van der Waals surface area (Å²) in [5.74, 6) is -2.40. The van der Waals surface area contributed by atoms with Gasteiger partial charge in [-0.25, -0.2) is 9.36 Å². The van der Waals surface area contributed by atoms with Gasteiger partial charge in [-0.3, -0.25) is 19.0 Å². The number of halogens is 1. The molecule has 0 bridgehead atoms. The van der Waals surface area contributed by atoms with E-state index in [4.69, 9.17) is 4.74 Å². The molecule has 0 aliphatic carbocycles. The molecule has 10 heteroatoms. The van der Waals surface area contributed by atoms with Crippen LogP contribution in [0.15, 0.2) is 34.0 Å². The predicted octanol–water partition coefficient (Wildman–Crippen LogP) is 0.830. The minimum atomic E-state index is -1.20. The maximum atomic E-state index is 14.0. The number of hydrogen-bond donors (Lipinski definition) is 2. The van der Waals surface area contributed by atoms with Crippen LogP contribution >= 0.6 is 0 Å². The summed E-state index contributed by atoms with van der Waals surface area (Å²) in [5.41, 5.74) is 0.477. The quantitative estimate of drug-likeness (QED) is 0.722.